The van der Waals surface area contributed by atoms with Crippen molar-refractivity contribution < 1.29 is 35.1 Å². The van der Waals surface area contributed by atoms with Crippen molar-refractivity contribution in [2.75, 3.05) is 17.7 Å². The summed E-state index contributed by atoms with van der Waals surface area (Å²) in [6.07, 6.45) is -4.18. The van der Waals surface area contributed by atoms with Gasteiger partial charge in [-0.1, -0.05) is 23.7 Å². The van der Waals surface area contributed by atoms with Gasteiger partial charge in [-0.15, -0.1) is 12.4 Å². The molecule has 6 aromatic rings. The number of pyridine rings is 1. The molecule has 0 saturated carbocycles. The quantitative estimate of drug-likeness (QED) is 0.170. The Balaban J connectivity index is 0.00000523. The smallest absolute Gasteiger partial charge is 0.433 e. The zero-order valence-corrected chi connectivity index (χ0v) is 29.7. The van der Waals surface area contributed by atoms with E-state index in [0.29, 0.717) is 23.4 Å². The van der Waals surface area contributed by atoms with Crippen LogP contribution in [0.5, 0.6) is 5.75 Å². The second-order valence-electron chi connectivity index (χ2n) is 11.6. The number of anilines is 1. The van der Waals surface area contributed by atoms with E-state index in [-0.39, 0.29) is 69.6 Å². The zero-order chi connectivity index (χ0) is 37.0. The van der Waals surface area contributed by atoms with Crippen molar-refractivity contribution in [3.8, 4) is 11.4 Å². The summed E-state index contributed by atoms with van der Waals surface area (Å²) in [6.45, 7) is -0.166. The molecule has 3 aromatic heterocycles. The van der Waals surface area contributed by atoms with Crippen LogP contribution in [0.1, 0.15) is 28.7 Å². The van der Waals surface area contributed by atoms with Crippen molar-refractivity contribution >= 4 is 61.8 Å². The number of rotatable bonds is 9. The molecule has 11 nitrogen and oxygen atoms in total. The number of sulfonamides is 1. The van der Waals surface area contributed by atoms with Crippen LogP contribution in [-0.2, 0) is 36.2 Å². The Bertz CT molecular complexity index is 2470. The summed E-state index contributed by atoms with van der Waals surface area (Å²) < 4.78 is 104. The van der Waals surface area contributed by atoms with Crippen LogP contribution in [0.25, 0.3) is 27.6 Å². The number of hydrogen-bond acceptors (Lipinski definition) is 8. The topological polar surface area (TPSA) is 138 Å². The number of fused-ring (bicyclic) bond motifs is 2. The summed E-state index contributed by atoms with van der Waals surface area (Å²) in [5, 5.41) is 4.35. The van der Waals surface area contributed by atoms with Gasteiger partial charge in [-0.2, -0.15) is 18.3 Å². The van der Waals surface area contributed by atoms with Gasteiger partial charge in [-0.3, -0.25) is 14.0 Å². The summed E-state index contributed by atoms with van der Waals surface area (Å²) in [6, 6.07) is 12.4. The van der Waals surface area contributed by atoms with Crippen LogP contribution in [0.2, 0.25) is 5.02 Å². The maximum atomic E-state index is 14.3. The normalized spacial score (nSPS) is 12.6. The van der Waals surface area contributed by atoms with Crippen molar-refractivity contribution in [3.63, 3.8) is 0 Å². The highest BCUT2D eigenvalue weighted by Gasteiger charge is 2.34. The fourth-order valence-electron chi connectivity index (χ4n) is 5.74. The number of ether oxygens (including phenoxy) is 1. The van der Waals surface area contributed by atoms with Gasteiger partial charge in [0.2, 0.25) is 10.0 Å². The van der Waals surface area contributed by atoms with Gasteiger partial charge in [0.25, 0.3) is 5.56 Å². The number of benzene rings is 3. The second kappa shape index (κ2) is 14.3. The van der Waals surface area contributed by atoms with E-state index in [1.54, 1.807) is 24.3 Å². The molecule has 3 heterocycles. The first-order chi connectivity index (χ1) is 24.0. The molecule has 0 radical (unpaired) electrons. The van der Waals surface area contributed by atoms with Gasteiger partial charge < -0.3 is 10.5 Å². The molecular weight excluding hydrogens is 756 g/mol. The Labute approximate surface area is 303 Å². The van der Waals surface area contributed by atoms with E-state index in [2.05, 4.69) is 15.1 Å². The molecule has 3 aromatic carbocycles. The number of aryl methyl sites for hydroxylation is 1. The highest BCUT2D eigenvalue weighted by molar-refractivity contribution is 7.92. The summed E-state index contributed by atoms with van der Waals surface area (Å²) in [7, 11) is -1.05. The average Bonchev–Trinajstić information content (AvgIpc) is 3.40. The van der Waals surface area contributed by atoms with Gasteiger partial charge in [0.05, 0.1) is 53.0 Å². The molecule has 0 bridgehead atoms. The molecule has 1 unspecified atom stereocenters. The molecule has 1 atom stereocenters. The van der Waals surface area contributed by atoms with Crippen molar-refractivity contribution in [2.45, 2.75) is 25.2 Å². The summed E-state index contributed by atoms with van der Waals surface area (Å²) in [4.78, 5) is 22.1. The molecule has 0 aliphatic heterocycles. The van der Waals surface area contributed by atoms with E-state index in [9.17, 15) is 35.2 Å². The van der Waals surface area contributed by atoms with E-state index in [4.69, 9.17) is 22.1 Å². The minimum atomic E-state index is -4.86. The van der Waals surface area contributed by atoms with Gasteiger partial charge in [-0.25, -0.2) is 31.5 Å². The lowest BCUT2D eigenvalue weighted by molar-refractivity contribution is -0.141. The number of nitrogens with zero attached hydrogens (tertiary/aromatic N) is 6. The zero-order valence-electron chi connectivity index (χ0n) is 27.3. The Morgan fingerprint density at radius 3 is 2.23 bits per heavy atom. The summed E-state index contributed by atoms with van der Waals surface area (Å²) in [5.41, 5.74) is 4.57. The number of hydrogen-bond donors (Lipinski definition) is 1. The van der Waals surface area contributed by atoms with Crippen LogP contribution in [0, 0.1) is 11.6 Å². The van der Waals surface area contributed by atoms with Crippen LogP contribution < -0.4 is 20.3 Å². The summed E-state index contributed by atoms with van der Waals surface area (Å²) in [5.74, 6) is -1.64. The third-order valence-electron chi connectivity index (χ3n) is 8.02. The van der Waals surface area contributed by atoms with Crippen molar-refractivity contribution in [1.82, 2.24) is 24.3 Å². The number of nitrogens with two attached hydrogens (primary N) is 1. The Morgan fingerprint density at radius 1 is 0.981 bits per heavy atom. The highest BCUT2D eigenvalue weighted by atomic mass is 35.5. The molecule has 2 N–H and O–H groups in total. The summed E-state index contributed by atoms with van der Waals surface area (Å²) >= 11 is 6.70. The van der Waals surface area contributed by atoms with Crippen molar-refractivity contribution in [2.24, 2.45) is 12.8 Å². The molecule has 0 fully saturated rings. The predicted molar refractivity (Wildman–Crippen MR) is 188 cm³/mol. The minimum absolute atomic E-state index is 0. The molecule has 0 aliphatic rings. The van der Waals surface area contributed by atoms with E-state index in [0.717, 1.165) is 33.3 Å². The van der Waals surface area contributed by atoms with Crippen LogP contribution in [-0.4, -0.2) is 46.1 Å². The van der Waals surface area contributed by atoms with Crippen LogP contribution in [0.15, 0.2) is 71.5 Å². The Kier molecular flexibility index (Phi) is 10.6. The molecular formula is C33H28Cl2F5N7O4S. The minimum Gasteiger partial charge on any atom is -0.497 e. The molecule has 6 rings (SSSR count). The van der Waals surface area contributed by atoms with Crippen LogP contribution >= 0.6 is 24.0 Å². The average molecular weight is 785 g/mol. The maximum absolute atomic E-state index is 14.3. The highest BCUT2D eigenvalue weighted by Crippen LogP contribution is 2.38. The van der Waals surface area contributed by atoms with E-state index >= 15 is 0 Å². The Morgan fingerprint density at radius 2 is 1.63 bits per heavy atom. The molecule has 0 amide bonds. The number of methoxy groups -OCH3 is 1. The lowest BCUT2D eigenvalue weighted by Gasteiger charge is -2.21. The Hall–Kier alpha value is -4.84. The van der Waals surface area contributed by atoms with Gasteiger partial charge in [-0.05, 0) is 66.1 Å². The monoisotopic (exact) mass is 783 g/mol. The molecule has 0 saturated heterocycles. The standard InChI is InChI=1S/C33H27ClF5N7O4S.ClH/c1-44-28-25(10-9-23(34)27(28)31(43-44)45(51(3,48)49)16-17-4-6-21(50-2)7-5-17)46-30(24(40)14-18-12-19(35)15-20(36)13-18)42-29-22(32(46)47)8-11-26(41-29)33(37,38)39;/h4-13,15,24H,14,16,40H2,1-3H3;1H. The predicted octanol–water partition coefficient (Wildman–Crippen LogP) is 6.26. The van der Waals surface area contributed by atoms with E-state index < -0.39 is 50.8 Å². The number of aromatic nitrogens is 5. The molecule has 0 aliphatic carbocycles. The third-order valence-corrected chi connectivity index (χ3v) is 9.44. The molecule has 52 heavy (non-hydrogen) atoms. The fraction of sp³-hybridized carbons (Fsp3) is 0.212. The van der Waals surface area contributed by atoms with Gasteiger partial charge in [0.1, 0.15) is 28.9 Å². The van der Waals surface area contributed by atoms with E-state index in [1.807, 2.05) is 0 Å². The van der Waals surface area contributed by atoms with Crippen LogP contribution in [0.4, 0.5) is 27.8 Å². The lowest BCUT2D eigenvalue weighted by Crippen LogP contribution is -2.30. The van der Waals surface area contributed by atoms with Gasteiger partial charge in [0, 0.05) is 13.1 Å². The molecule has 19 heteroatoms. The molecule has 274 valence electrons. The van der Waals surface area contributed by atoms with Crippen LogP contribution in [0.3, 0.4) is 0 Å². The lowest BCUT2D eigenvalue weighted by atomic mass is 10.0. The van der Waals surface area contributed by atoms with Crippen molar-refractivity contribution in [1.29, 1.82) is 0 Å². The maximum Gasteiger partial charge on any atom is 0.433 e. The number of alkyl halides is 3. The van der Waals surface area contributed by atoms with E-state index in [1.165, 1.54) is 31.0 Å². The van der Waals surface area contributed by atoms with Crippen molar-refractivity contribution in [3.05, 3.63) is 116 Å². The largest absolute Gasteiger partial charge is 0.497 e. The molecule has 0 spiro atoms. The second-order valence-corrected chi connectivity index (χ2v) is 13.9. The fourth-order valence-corrected chi connectivity index (χ4v) is 6.80. The first kappa shape index (κ1) is 38.4. The van der Waals surface area contributed by atoms with Gasteiger partial charge in [0.15, 0.2) is 11.5 Å². The first-order valence-electron chi connectivity index (χ1n) is 14.9. The third kappa shape index (κ3) is 7.39. The first-order valence-corrected chi connectivity index (χ1v) is 17.2. The SMILES string of the molecule is COc1ccc(CN(c2nn(C)c3c(-n4c(C(N)Cc5cc(F)cc(F)c5)nc5nc(C(F)(F)F)ccc5c4=O)ccc(Cl)c23)S(C)(=O)=O)cc1.Cl. The van der Waals surface area contributed by atoms with Gasteiger partial charge >= 0.3 is 6.18 Å². The number of halogens is 7.